The first kappa shape index (κ1) is 7.07. The minimum atomic E-state index is -0.734. The standard InChI is InChI=1S/C4H4FIO/c1-3(2-5)4(6)7/h1-2H2. The highest BCUT2D eigenvalue weighted by Crippen LogP contribution is 1.98. The lowest BCUT2D eigenvalue weighted by Crippen LogP contribution is -1.90. The van der Waals surface area contributed by atoms with Crippen molar-refractivity contribution >= 4 is 26.4 Å². The van der Waals surface area contributed by atoms with Crippen molar-refractivity contribution < 1.29 is 9.18 Å². The molecule has 0 atom stereocenters. The van der Waals surface area contributed by atoms with Gasteiger partial charge < -0.3 is 0 Å². The van der Waals surface area contributed by atoms with E-state index in [-0.39, 0.29) is 9.36 Å². The van der Waals surface area contributed by atoms with Gasteiger partial charge in [0.2, 0.25) is 3.79 Å². The smallest absolute Gasteiger partial charge is 0.220 e. The van der Waals surface area contributed by atoms with Gasteiger partial charge in [0.15, 0.2) is 0 Å². The van der Waals surface area contributed by atoms with Gasteiger partial charge in [-0.15, -0.1) is 0 Å². The van der Waals surface area contributed by atoms with Crippen molar-refractivity contribution in [2.45, 2.75) is 0 Å². The molecule has 0 aliphatic heterocycles. The highest BCUT2D eigenvalue weighted by molar-refractivity contribution is 14.1. The molecule has 0 aliphatic carbocycles. The van der Waals surface area contributed by atoms with E-state index < -0.39 is 6.67 Å². The monoisotopic (exact) mass is 214 g/mol. The summed E-state index contributed by atoms with van der Waals surface area (Å²) in [6, 6.07) is 0. The minimum absolute atomic E-state index is 0.0283. The summed E-state index contributed by atoms with van der Waals surface area (Å²) >= 11 is 1.49. The summed E-state index contributed by atoms with van der Waals surface area (Å²) < 4.78 is 11.0. The normalized spacial score (nSPS) is 8.29. The molecule has 0 heterocycles. The number of hydrogen-bond acceptors (Lipinski definition) is 1. The Bertz CT molecular complexity index is 99.9. The summed E-state index contributed by atoms with van der Waals surface area (Å²) in [7, 11) is 0. The Morgan fingerprint density at radius 3 is 2.29 bits per heavy atom. The first-order valence-corrected chi connectivity index (χ1v) is 2.70. The topological polar surface area (TPSA) is 17.1 Å². The van der Waals surface area contributed by atoms with Crippen molar-refractivity contribution in [3.63, 3.8) is 0 Å². The van der Waals surface area contributed by atoms with Gasteiger partial charge in [0.1, 0.15) is 6.67 Å². The van der Waals surface area contributed by atoms with Crippen molar-refractivity contribution in [2.75, 3.05) is 6.67 Å². The molecule has 0 amide bonds. The fraction of sp³-hybridized carbons (Fsp3) is 0.250. The summed E-state index contributed by atoms with van der Waals surface area (Å²) in [5.41, 5.74) is 0.0283. The summed E-state index contributed by atoms with van der Waals surface area (Å²) in [5, 5.41) is 0. The molecule has 0 aromatic heterocycles. The molecule has 1 nitrogen and oxygen atoms in total. The van der Waals surface area contributed by atoms with Crippen LogP contribution >= 0.6 is 22.6 Å². The van der Waals surface area contributed by atoms with Crippen LogP contribution in [0.3, 0.4) is 0 Å². The summed E-state index contributed by atoms with van der Waals surface area (Å²) in [4.78, 5) is 10.0. The number of allylic oxidation sites excluding steroid dienone is 1. The first-order chi connectivity index (χ1) is 3.18. The number of carbonyl (C=O) groups excluding carboxylic acids is 1. The molecule has 0 rings (SSSR count). The lowest BCUT2D eigenvalue weighted by Gasteiger charge is -1.84. The van der Waals surface area contributed by atoms with E-state index in [9.17, 15) is 9.18 Å². The molecule has 0 bridgehead atoms. The Balaban J connectivity index is 3.58. The van der Waals surface area contributed by atoms with Gasteiger partial charge >= 0.3 is 0 Å². The maximum atomic E-state index is 11.3. The van der Waals surface area contributed by atoms with Gasteiger partial charge in [-0.05, 0) is 0 Å². The fourth-order valence-corrected chi connectivity index (χ4v) is 0.197. The molecule has 0 spiro atoms. The van der Waals surface area contributed by atoms with Gasteiger partial charge in [-0.2, -0.15) is 0 Å². The maximum Gasteiger partial charge on any atom is 0.220 e. The minimum Gasteiger partial charge on any atom is -0.282 e. The Hall–Kier alpha value is 0.0700. The second kappa shape index (κ2) is 3.12. The zero-order valence-corrected chi connectivity index (χ0v) is 5.74. The van der Waals surface area contributed by atoms with Crippen LogP contribution in [0.15, 0.2) is 12.2 Å². The van der Waals surface area contributed by atoms with Crippen LogP contribution in [0.2, 0.25) is 0 Å². The number of hydrogen-bond donors (Lipinski definition) is 0. The molecular formula is C4H4FIO. The van der Waals surface area contributed by atoms with Gasteiger partial charge in [0.25, 0.3) is 0 Å². The van der Waals surface area contributed by atoms with E-state index in [2.05, 4.69) is 6.58 Å². The zero-order chi connectivity index (χ0) is 5.86. The van der Waals surface area contributed by atoms with E-state index >= 15 is 0 Å². The van der Waals surface area contributed by atoms with E-state index in [0.717, 1.165) is 0 Å². The van der Waals surface area contributed by atoms with Crippen molar-refractivity contribution in [2.24, 2.45) is 0 Å². The summed E-state index contributed by atoms with van der Waals surface area (Å²) in [6.07, 6.45) is 0. The van der Waals surface area contributed by atoms with Gasteiger partial charge in [-0.3, -0.25) is 4.79 Å². The van der Waals surface area contributed by atoms with Crippen molar-refractivity contribution in [3.8, 4) is 0 Å². The number of alkyl halides is 1. The van der Waals surface area contributed by atoms with Crippen LogP contribution in [0.25, 0.3) is 0 Å². The van der Waals surface area contributed by atoms with Gasteiger partial charge in [0, 0.05) is 28.2 Å². The van der Waals surface area contributed by atoms with Crippen LogP contribution in [-0.2, 0) is 4.79 Å². The molecule has 40 valence electrons. The highest BCUT2D eigenvalue weighted by Gasteiger charge is 1.97. The van der Waals surface area contributed by atoms with Crippen LogP contribution in [0.5, 0.6) is 0 Å². The van der Waals surface area contributed by atoms with Gasteiger partial charge in [0.05, 0.1) is 0 Å². The molecule has 0 aromatic carbocycles. The predicted molar refractivity (Wildman–Crippen MR) is 34.1 cm³/mol. The Morgan fingerprint density at radius 1 is 1.86 bits per heavy atom. The second-order valence-electron chi connectivity index (χ2n) is 1.01. The number of halogens is 2. The average molecular weight is 214 g/mol. The largest absolute Gasteiger partial charge is 0.282 e. The van der Waals surface area contributed by atoms with E-state index in [1.165, 1.54) is 22.6 Å². The van der Waals surface area contributed by atoms with E-state index in [1.807, 2.05) is 0 Å². The lowest BCUT2D eigenvalue weighted by molar-refractivity contribution is -0.106. The van der Waals surface area contributed by atoms with Gasteiger partial charge in [-0.25, -0.2) is 4.39 Å². The van der Waals surface area contributed by atoms with Crippen LogP contribution in [0.4, 0.5) is 4.39 Å². The van der Waals surface area contributed by atoms with Crippen molar-refractivity contribution in [1.29, 1.82) is 0 Å². The Labute approximate surface area is 54.7 Å². The quantitative estimate of drug-likeness (QED) is 0.386. The summed E-state index contributed by atoms with van der Waals surface area (Å²) in [6.45, 7) is 2.41. The van der Waals surface area contributed by atoms with E-state index in [4.69, 9.17) is 0 Å². The molecule has 0 aliphatic rings. The molecule has 0 radical (unpaired) electrons. The second-order valence-corrected chi connectivity index (χ2v) is 1.99. The van der Waals surface area contributed by atoms with E-state index in [1.54, 1.807) is 0 Å². The number of rotatable bonds is 2. The SMILES string of the molecule is C=C(CF)C(=O)I. The lowest BCUT2D eigenvalue weighted by atomic mass is 10.4. The molecule has 0 saturated heterocycles. The Morgan fingerprint density at radius 2 is 2.29 bits per heavy atom. The van der Waals surface area contributed by atoms with Crippen molar-refractivity contribution in [1.82, 2.24) is 0 Å². The molecule has 7 heavy (non-hydrogen) atoms. The third-order valence-corrected chi connectivity index (χ3v) is 1.20. The summed E-state index contributed by atoms with van der Waals surface area (Å²) in [5.74, 6) is 0. The third-order valence-electron chi connectivity index (χ3n) is 0.439. The third kappa shape index (κ3) is 2.73. The zero-order valence-electron chi connectivity index (χ0n) is 3.58. The van der Waals surface area contributed by atoms with Gasteiger partial charge in [-0.1, -0.05) is 6.58 Å². The Kier molecular flexibility index (Phi) is 3.15. The predicted octanol–water partition coefficient (Wildman–Crippen LogP) is 1.47. The highest BCUT2D eigenvalue weighted by atomic mass is 127. The molecule has 3 heteroatoms. The van der Waals surface area contributed by atoms with Crippen LogP contribution in [0.1, 0.15) is 0 Å². The molecule has 0 unspecified atom stereocenters. The molecule has 0 fully saturated rings. The number of carbonyl (C=O) groups is 1. The van der Waals surface area contributed by atoms with Crippen LogP contribution in [-0.4, -0.2) is 10.5 Å². The van der Waals surface area contributed by atoms with Crippen LogP contribution in [0, 0.1) is 0 Å². The van der Waals surface area contributed by atoms with Crippen molar-refractivity contribution in [3.05, 3.63) is 12.2 Å². The van der Waals surface area contributed by atoms with Crippen LogP contribution < -0.4 is 0 Å². The molecule has 0 saturated carbocycles. The fourth-order valence-electron chi connectivity index (χ4n) is 0.0525. The van der Waals surface area contributed by atoms with E-state index in [0.29, 0.717) is 0 Å². The first-order valence-electron chi connectivity index (χ1n) is 1.62. The molecular weight excluding hydrogens is 210 g/mol. The molecule has 0 aromatic rings. The molecule has 0 N–H and O–H groups in total. The average Bonchev–Trinajstić information content (AvgIpc) is 1.65. The maximum absolute atomic E-state index is 11.3.